The van der Waals surface area contributed by atoms with Crippen LogP contribution in [0.1, 0.15) is 12.6 Å². The lowest BCUT2D eigenvalue weighted by atomic mass is 10.3. The smallest absolute Gasteiger partial charge is 0.322 e. The minimum Gasteiger partial charge on any atom is -0.322 e. The number of aromatic nitrogens is 2. The predicted octanol–water partition coefficient (Wildman–Crippen LogP) is 2.52. The van der Waals surface area contributed by atoms with Crippen LogP contribution in [0.4, 0.5) is 20.7 Å². The molecule has 0 spiro atoms. The Hall–Kier alpha value is -2.73. The summed E-state index contributed by atoms with van der Waals surface area (Å²) in [5.74, 6) is -0.251. The minimum absolute atomic E-state index is 0.139. The van der Waals surface area contributed by atoms with E-state index in [0.717, 1.165) is 19.6 Å². The SMILES string of the molecule is CCN1CCN(C(=O)Nc2nonc2/C=N/ONc2ccc(F)c(Br)c2)CC1. The Kier molecular flexibility index (Phi) is 6.76. The first-order valence-corrected chi connectivity index (χ1v) is 9.37. The number of carbonyl (C=O) groups is 1. The molecule has 1 fully saturated rings. The highest BCUT2D eigenvalue weighted by atomic mass is 79.9. The van der Waals surface area contributed by atoms with Crippen LogP contribution in [0.5, 0.6) is 0 Å². The van der Waals surface area contributed by atoms with Gasteiger partial charge in [0.1, 0.15) is 12.0 Å². The molecule has 3 rings (SSSR count). The first-order valence-electron chi connectivity index (χ1n) is 8.58. The molecule has 1 aliphatic rings. The summed E-state index contributed by atoms with van der Waals surface area (Å²) in [5, 5.41) is 13.7. The molecule has 1 saturated heterocycles. The van der Waals surface area contributed by atoms with Gasteiger partial charge in [-0.05, 0) is 51.0 Å². The summed E-state index contributed by atoms with van der Waals surface area (Å²) in [5.41, 5.74) is 3.21. The van der Waals surface area contributed by atoms with Crippen LogP contribution in [-0.4, -0.2) is 65.1 Å². The summed E-state index contributed by atoms with van der Waals surface area (Å²) in [6.45, 7) is 5.98. The zero-order valence-electron chi connectivity index (χ0n) is 15.1. The molecule has 1 aromatic heterocycles. The highest BCUT2D eigenvalue weighted by Crippen LogP contribution is 2.20. The van der Waals surface area contributed by atoms with Crippen molar-refractivity contribution in [2.45, 2.75) is 6.92 Å². The number of anilines is 2. The zero-order valence-corrected chi connectivity index (χ0v) is 16.6. The fourth-order valence-electron chi connectivity index (χ4n) is 2.53. The maximum atomic E-state index is 13.2. The molecule has 0 saturated carbocycles. The third-order valence-electron chi connectivity index (χ3n) is 4.16. The van der Waals surface area contributed by atoms with E-state index in [1.54, 1.807) is 4.90 Å². The summed E-state index contributed by atoms with van der Waals surface area (Å²) >= 11 is 3.07. The molecule has 2 heterocycles. The number of piperazine rings is 1. The molecule has 2 amide bonds. The second-order valence-electron chi connectivity index (χ2n) is 5.91. The van der Waals surface area contributed by atoms with E-state index in [0.29, 0.717) is 18.8 Å². The van der Waals surface area contributed by atoms with Gasteiger partial charge in [-0.1, -0.05) is 12.1 Å². The molecule has 28 heavy (non-hydrogen) atoms. The second-order valence-corrected chi connectivity index (χ2v) is 6.76. The molecule has 0 atom stereocenters. The Balaban J connectivity index is 1.51. The Morgan fingerprint density at radius 1 is 1.39 bits per heavy atom. The fraction of sp³-hybridized carbons (Fsp3) is 0.375. The summed E-state index contributed by atoms with van der Waals surface area (Å²) in [4.78, 5) is 21.2. The van der Waals surface area contributed by atoms with E-state index in [-0.39, 0.29) is 27.8 Å². The molecule has 12 heteroatoms. The Labute approximate surface area is 168 Å². The van der Waals surface area contributed by atoms with Crippen molar-refractivity contribution in [3.63, 3.8) is 0 Å². The number of likely N-dealkylation sites (N-methyl/N-ethyl adjacent to an activating group) is 1. The lowest BCUT2D eigenvalue weighted by Gasteiger charge is -2.33. The molecule has 0 bridgehead atoms. The third kappa shape index (κ3) is 5.16. The first-order chi connectivity index (χ1) is 13.6. The van der Waals surface area contributed by atoms with Crippen LogP contribution < -0.4 is 10.8 Å². The van der Waals surface area contributed by atoms with Gasteiger partial charge in [-0.3, -0.25) is 10.3 Å². The molecule has 2 aromatic rings. The van der Waals surface area contributed by atoms with Gasteiger partial charge in [0.05, 0.1) is 10.2 Å². The van der Waals surface area contributed by atoms with Crippen LogP contribution >= 0.6 is 15.9 Å². The van der Waals surface area contributed by atoms with E-state index >= 15 is 0 Å². The van der Waals surface area contributed by atoms with Gasteiger partial charge in [0, 0.05) is 26.2 Å². The number of hydrogen-bond acceptors (Lipinski definition) is 8. The molecule has 0 unspecified atom stereocenters. The van der Waals surface area contributed by atoms with Gasteiger partial charge in [-0.2, -0.15) is 5.48 Å². The quantitative estimate of drug-likeness (QED) is 0.508. The molecule has 0 radical (unpaired) electrons. The van der Waals surface area contributed by atoms with Crippen LogP contribution in [0.25, 0.3) is 0 Å². The predicted molar refractivity (Wildman–Crippen MR) is 103 cm³/mol. The van der Waals surface area contributed by atoms with E-state index in [2.05, 4.69) is 58.6 Å². The minimum atomic E-state index is -0.390. The van der Waals surface area contributed by atoms with Crippen LogP contribution in [0, 0.1) is 5.82 Å². The number of nitrogens with one attached hydrogen (secondary N) is 2. The number of urea groups is 1. The van der Waals surface area contributed by atoms with Crippen molar-refractivity contribution in [3.05, 3.63) is 34.2 Å². The van der Waals surface area contributed by atoms with E-state index in [4.69, 9.17) is 4.94 Å². The normalized spacial score (nSPS) is 15.0. The molecule has 2 N–H and O–H groups in total. The Bertz CT molecular complexity index is 839. The first kappa shape index (κ1) is 20.0. The van der Waals surface area contributed by atoms with Gasteiger partial charge in [-0.15, -0.1) is 0 Å². The zero-order chi connectivity index (χ0) is 19.9. The number of hydrogen-bond donors (Lipinski definition) is 2. The van der Waals surface area contributed by atoms with Gasteiger partial charge in [0.25, 0.3) is 0 Å². The Morgan fingerprint density at radius 2 is 2.18 bits per heavy atom. The molecular weight excluding hydrogens is 437 g/mol. The number of halogens is 2. The number of carbonyl (C=O) groups excluding carboxylic acids is 1. The maximum absolute atomic E-state index is 13.2. The van der Waals surface area contributed by atoms with Crippen LogP contribution in [0.15, 0.2) is 32.5 Å². The third-order valence-corrected chi connectivity index (χ3v) is 4.76. The number of rotatable bonds is 6. The molecule has 1 aliphatic heterocycles. The molecule has 10 nitrogen and oxygen atoms in total. The van der Waals surface area contributed by atoms with E-state index in [9.17, 15) is 9.18 Å². The van der Waals surface area contributed by atoms with Gasteiger partial charge < -0.3 is 9.80 Å². The van der Waals surface area contributed by atoms with Crippen LogP contribution in [0.2, 0.25) is 0 Å². The van der Waals surface area contributed by atoms with Crippen molar-refractivity contribution in [2.75, 3.05) is 43.5 Å². The lowest BCUT2D eigenvalue weighted by molar-refractivity contribution is 0.151. The van der Waals surface area contributed by atoms with Crippen molar-refractivity contribution in [1.82, 2.24) is 20.1 Å². The van der Waals surface area contributed by atoms with E-state index in [1.807, 2.05) is 0 Å². The highest BCUT2D eigenvalue weighted by molar-refractivity contribution is 9.10. The molecule has 0 aliphatic carbocycles. The maximum Gasteiger partial charge on any atom is 0.323 e. The van der Waals surface area contributed by atoms with Gasteiger partial charge in [-0.25, -0.2) is 13.8 Å². The number of oxime groups is 1. The van der Waals surface area contributed by atoms with E-state index < -0.39 is 0 Å². The monoisotopic (exact) mass is 455 g/mol. The molecular formula is C16H19BrFN7O3. The topological polar surface area (TPSA) is 108 Å². The molecule has 1 aromatic carbocycles. The second kappa shape index (κ2) is 9.46. The summed E-state index contributed by atoms with van der Waals surface area (Å²) in [6.07, 6.45) is 1.23. The van der Waals surface area contributed by atoms with Crippen molar-refractivity contribution in [1.29, 1.82) is 0 Å². The Morgan fingerprint density at radius 3 is 2.89 bits per heavy atom. The molecule has 150 valence electrons. The van der Waals surface area contributed by atoms with Crippen LogP contribution in [-0.2, 0) is 4.94 Å². The van der Waals surface area contributed by atoms with E-state index in [1.165, 1.54) is 24.4 Å². The fourth-order valence-corrected chi connectivity index (χ4v) is 2.91. The number of nitrogens with zero attached hydrogens (tertiary/aromatic N) is 5. The van der Waals surface area contributed by atoms with Crippen molar-refractivity contribution in [3.8, 4) is 0 Å². The van der Waals surface area contributed by atoms with Crippen molar-refractivity contribution >= 4 is 39.7 Å². The summed E-state index contributed by atoms with van der Waals surface area (Å²) in [6, 6.07) is 3.97. The average Bonchev–Trinajstić information content (AvgIpc) is 3.14. The number of amides is 2. The number of benzene rings is 1. The van der Waals surface area contributed by atoms with Crippen molar-refractivity contribution < 1.29 is 18.8 Å². The van der Waals surface area contributed by atoms with Gasteiger partial charge in [0.15, 0.2) is 5.69 Å². The highest BCUT2D eigenvalue weighted by Gasteiger charge is 2.22. The standard InChI is InChI=1S/C16H19BrFN7O3/c1-2-24-5-7-25(8-6-24)16(26)20-15-14(22-28-23-15)10-19-27-21-11-3-4-13(18)12(17)9-11/h3-4,9-10,21H,2,5-8H2,1H3,(H,20,23,26)/b19-10+. The summed E-state index contributed by atoms with van der Waals surface area (Å²) < 4.78 is 18.1. The largest absolute Gasteiger partial charge is 0.323 e. The average molecular weight is 456 g/mol. The lowest BCUT2D eigenvalue weighted by Crippen LogP contribution is -2.49. The summed E-state index contributed by atoms with van der Waals surface area (Å²) in [7, 11) is 0. The van der Waals surface area contributed by atoms with Crippen LogP contribution in [0.3, 0.4) is 0 Å². The van der Waals surface area contributed by atoms with Gasteiger partial charge >= 0.3 is 6.03 Å². The van der Waals surface area contributed by atoms with Gasteiger partial charge in [0.2, 0.25) is 5.82 Å². The van der Waals surface area contributed by atoms with Crippen molar-refractivity contribution in [2.24, 2.45) is 5.16 Å².